The lowest BCUT2D eigenvalue weighted by Gasteiger charge is -2.30. The van der Waals surface area contributed by atoms with Crippen molar-refractivity contribution in [2.45, 2.75) is 33.7 Å². The van der Waals surface area contributed by atoms with Crippen LogP contribution in [0.15, 0.2) is 24.3 Å². The maximum atomic E-state index is 13.9. The average molecular weight is 266 g/mol. The van der Waals surface area contributed by atoms with Gasteiger partial charge >= 0.3 is 0 Å². The van der Waals surface area contributed by atoms with E-state index in [0.29, 0.717) is 0 Å². The zero-order valence-electron chi connectivity index (χ0n) is 12.8. The monoisotopic (exact) mass is 266 g/mol. The van der Waals surface area contributed by atoms with Crippen molar-refractivity contribution in [1.82, 2.24) is 10.2 Å². The smallest absolute Gasteiger partial charge is 0.128 e. The van der Waals surface area contributed by atoms with Crippen molar-refractivity contribution in [3.05, 3.63) is 35.6 Å². The minimum atomic E-state index is -0.127. The second-order valence-corrected chi connectivity index (χ2v) is 6.39. The molecule has 1 aromatic rings. The van der Waals surface area contributed by atoms with Crippen LogP contribution in [-0.4, -0.2) is 31.6 Å². The van der Waals surface area contributed by atoms with E-state index in [9.17, 15) is 4.39 Å². The van der Waals surface area contributed by atoms with E-state index in [4.69, 9.17) is 0 Å². The Morgan fingerprint density at radius 1 is 1.26 bits per heavy atom. The molecule has 0 aromatic heterocycles. The van der Waals surface area contributed by atoms with E-state index in [1.54, 1.807) is 6.07 Å². The van der Waals surface area contributed by atoms with Crippen LogP contribution in [-0.2, 0) is 0 Å². The Morgan fingerprint density at radius 2 is 1.89 bits per heavy atom. The van der Waals surface area contributed by atoms with Crippen LogP contribution in [0.5, 0.6) is 0 Å². The number of likely N-dealkylation sites (N-methyl/N-ethyl adjacent to an activating group) is 2. The van der Waals surface area contributed by atoms with Crippen LogP contribution in [0.4, 0.5) is 4.39 Å². The van der Waals surface area contributed by atoms with E-state index >= 15 is 0 Å². The number of nitrogens with one attached hydrogen (secondary N) is 1. The second-order valence-electron chi connectivity index (χ2n) is 6.39. The highest BCUT2D eigenvalue weighted by atomic mass is 19.1. The van der Waals surface area contributed by atoms with Crippen molar-refractivity contribution >= 4 is 0 Å². The van der Waals surface area contributed by atoms with E-state index in [0.717, 1.165) is 25.2 Å². The van der Waals surface area contributed by atoms with Gasteiger partial charge in [0.1, 0.15) is 5.82 Å². The van der Waals surface area contributed by atoms with Gasteiger partial charge in [-0.25, -0.2) is 4.39 Å². The highest BCUT2D eigenvalue weighted by Gasteiger charge is 2.19. The van der Waals surface area contributed by atoms with Gasteiger partial charge in [-0.2, -0.15) is 0 Å². The Balaban J connectivity index is 2.76. The third-order valence-electron chi connectivity index (χ3n) is 2.97. The lowest BCUT2D eigenvalue weighted by molar-refractivity contribution is 0.207. The van der Waals surface area contributed by atoms with E-state index in [1.807, 2.05) is 12.1 Å². The van der Waals surface area contributed by atoms with Gasteiger partial charge in [-0.05, 0) is 25.1 Å². The van der Waals surface area contributed by atoms with Crippen molar-refractivity contribution in [2.24, 2.45) is 5.41 Å². The summed E-state index contributed by atoms with van der Waals surface area (Å²) >= 11 is 0. The summed E-state index contributed by atoms with van der Waals surface area (Å²) in [5, 5.41) is 3.37. The number of halogens is 1. The summed E-state index contributed by atoms with van der Waals surface area (Å²) in [5.74, 6) is -0.127. The fraction of sp³-hybridized carbons (Fsp3) is 0.625. The van der Waals surface area contributed by atoms with E-state index in [1.165, 1.54) is 6.07 Å². The van der Waals surface area contributed by atoms with Gasteiger partial charge in [-0.15, -0.1) is 0 Å². The summed E-state index contributed by atoms with van der Waals surface area (Å²) in [6.07, 6.45) is 0. The lowest BCUT2D eigenvalue weighted by Crippen LogP contribution is -2.37. The minimum Gasteiger partial charge on any atom is -0.309 e. The number of benzene rings is 1. The fourth-order valence-electron chi connectivity index (χ4n) is 2.46. The molecule has 0 amide bonds. The Labute approximate surface area is 117 Å². The number of nitrogens with zero attached hydrogens (tertiary/aromatic N) is 1. The first-order chi connectivity index (χ1) is 8.83. The molecule has 0 saturated heterocycles. The molecule has 0 heterocycles. The predicted octanol–water partition coefficient (Wildman–Crippen LogP) is 3.45. The molecule has 1 rings (SSSR count). The van der Waals surface area contributed by atoms with Crippen LogP contribution in [0.2, 0.25) is 0 Å². The third kappa shape index (κ3) is 5.70. The number of hydrogen-bond acceptors (Lipinski definition) is 2. The van der Waals surface area contributed by atoms with Gasteiger partial charge < -0.3 is 10.2 Å². The summed E-state index contributed by atoms with van der Waals surface area (Å²) in [5.41, 5.74) is 1.01. The van der Waals surface area contributed by atoms with Crippen molar-refractivity contribution in [2.75, 3.05) is 26.7 Å². The molecule has 0 bridgehead atoms. The van der Waals surface area contributed by atoms with Crippen LogP contribution in [0.25, 0.3) is 0 Å². The zero-order chi connectivity index (χ0) is 14.5. The van der Waals surface area contributed by atoms with Crippen LogP contribution in [0.3, 0.4) is 0 Å². The topological polar surface area (TPSA) is 15.3 Å². The van der Waals surface area contributed by atoms with Crippen molar-refractivity contribution in [3.8, 4) is 0 Å². The first kappa shape index (κ1) is 16.1. The Bertz CT molecular complexity index is 385. The summed E-state index contributed by atoms with van der Waals surface area (Å²) in [6.45, 7) is 11.3. The average Bonchev–Trinajstić information content (AvgIpc) is 2.26. The largest absolute Gasteiger partial charge is 0.309 e. The highest BCUT2D eigenvalue weighted by molar-refractivity contribution is 5.21. The van der Waals surface area contributed by atoms with E-state index in [-0.39, 0.29) is 17.3 Å². The number of hydrogen-bond donors (Lipinski definition) is 1. The molecule has 3 heteroatoms. The molecular formula is C16H27FN2. The van der Waals surface area contributed by atoms with E-state index < -0.39 is 0 Å². The van der Waals surface area contributed by atoms with Gasteiger partial charge in [0.2, 0.25) is 0 Å². The van der Waals surface area contributed by atoms with Crippen molar-refractivity contribution in [3.63, 3.8) is 0 Å². The molecule has 19 heavy (non-hydrogen) atoms. The molecule has 0 aliphatic carbocycles. The number of rotatable bonds is 6. The third-order valence-corrected chi connectivity index (χ3v) is 2.97. The van der Waals surface area contributed by atoms with Gasteiger partial charge in [-0.3, -0.25) is 0 Å². The summed E-state index contributed by atoms with van der Waals surface area (Å²) in [6, 6.07) is 7.07. The molecule has 1 atom stereocenters. The second kappa shape index (κ2) is 7.01. The molecule has 1 unspecified atom stereocenters. The Morgan fingerprint density at radius 3 is 2.42 bits per heavy atom. The van der Waals surface area contributed by atoms with Gasteiger partial charge in [0.15, 0.2) is 0 Å². The maximum absolute atomic E-state index is 13.9. The molecule has 0 fully saturated rings. The summed E-state index contributed by atoms with van der Waals surface area (Å²) < 4.78 is 13.9. The van der Waals surface area contributed by atoms with Crippen LogP contribution < -0.4 is 5.32 Å². The SMILES string of the molecule is CCNC(CN(C)CC(C)(C)C)c1ccccc1F. The van der Waals surface area contributed by atoms with Crippen LogP contribution in [0.1, 0.15) is 39.3 Å². The predicted molar refractivity (Wildman–Crippen MR) is 79.8 cm³/mol. The lowest BCUT2D eigenvalue weighted by atomic mass is 9.95. The standard InChI is InChI=1S/C16H27FN2/c1-6-18-15(11-19(5)12-16(2,3)4)13-9-7-8-10-14(13)17/h7-10,15,18H,6,11-12H2,1-5H3. The maximum Gasteiger partial charge on any atom is 0.128 e. The fourth-order valence-corrected chi connectivity index (χ4v) is 2.46. The van der Waals surface area contributed by atoms with Gasteiger partial charge in [0.05, 0.1) is 0 Å². The first-order valence-corrected chi connectivity index (χ1v) is 7.00. The molecule has 0 saturated carbocycles. The quantitative estimate of drug-likeness (QED) is 0.848. The minimum absolute atomic E-state index is 0.0403. The molecular weight excluding hydrogens is 239 g/mol. The molecule has 0 aliphatic heterocycles. The summed E-state index contributed by atoms with van der Waals surface area (Å²) in [7, 11) is 2.09. The normalized spacial score (nSPS) is 13.8. The molecule has 1 aromatic carbocycles. The first-order valence-electron chi connectivity index (χ1n) is 7.00. The Hall–Kier alpha value is -0.930. The molecule has 1 N–H and O–H groups in total. The Kier molecular flexibility index (Phi) is 5.95. The van der Waals surface area contributed by atoms with Gasteiger partial charge in [0, 0.05) is 24.7 Å². The molecule has 0 radical (unpaired) electrons. The van der Waals surface area contributed by atoms with Gasteiger partial charge in [-0.1, -0.05) is 45.9 Å². The van der Waals surface area contributed by atoms with Crippen molar-refractivity contribution < 1.29 is 4.39 Å². The van der Waals surface area contributed by atoms with Crippen molar-refractivity contribution in [1.29, 1.82) is 0 Å². The van der Waals surface area contributed by atoms with Crippen LogP contribution >= 0.6 is 0 Å². The van der Waals surface area contributed by atoms with Crippen LogP contribution in [0, 0.1) is 11.2 Å². The summed E-state index contributed by atoms with van der Waals surface area (Å²) in [4.78, 5) is 2.26. The highest BCUT2D eigenvalue weighted by Crippen LogP contribution is 2.20. The van der Waals surface area contributed by atoms with E-state index in [2.05, 4.69) is 45.0 Å². The molecule has 0 spiro atoms. The molecule has 2 nitrogen and oxygen atoms in total. The molecule has 0 aliphatic rings. The molecule has 108 valence electrons. The zero-order valence-corrected chi connectivity index (χ0v) is 12.8. The van der Waals surface area contributed by atoms with Gasteiger partial charge in [0.25, 0.3) is 0 Å².